The highest BCUT2D eigenvalue weighted by molar-refractivity contribution is 9.10. The van der Waals surface area contributed by atoms with Crippen LogP contribution in [-0.2, 0) is 15.3 Å². The van der Waals surface area contributed by atoms with Gasteiger partial charge in [-0.15, -0.1) is 11.6 Å². The lowest BCUT2D eigenvalue weighted by atomic mass is 10.0. The topological polar surface area (TPSA) is 18.5 Å². The van der Waals surface area contributed by atoms with Crippen molar-refractivity contribution in [3.05, 3.63) is 33.8 Å². The Hall–Kier alpha value is -0.0900. The van der Waals surface area contributed by atoms with Crippen LogP contribution in [-0.4, -0.2) is 20.1 Å². The van der Waals surface area contributed by atoms with E-state index in [0.29, 0.717) is 0 Å². The van der Waals surface area contributed by atoms with Crippen LogP contribution in [0.4, 0.5) is 0 Å². The molecule has 0 heterocycles. The SMILES string of the molecule is COC(CCl)(OC)c1cc(Br)ccc1C. The van der Waals surface area contributed by atoms with Crippen molar-refractivity contribution >= 4 is 27.5 Å². The smallest absolute Gasteiger partial charge is 0.208 e. The number of hydrogen-bond acceptors (Lipinski definition) is 2. The van der Waals surface area contributed by atoms with E-state index in [-0.39, 0.29) is 5.88 Å². The van der Waals surface area contributed by atoms with E-state index in [1.54, 1.807) is 14.2 Å². The van der Waals surface area contributed by atoms with Crippen molar-refractivity contribution < 1.29 is 9.47 Å². The maximum absolute atomic E-state index is 5.92. The zero-order valence-electron chi connectivity index (χ0n) is 9.01. The molecule has 0 saturated carbocycles. The minimum atomic E-state index is -0.866. The fourth-order valence-corrected chi connectivity index (χ4v) is 2.21. The summed E-state index contributed by atoms with van der Waals surface area (Å²) in [7, 11) is 3.18. The normalized spacial score (nSPS) is 11.8. The quantitative estimate of drug-likeness (QED) is 0.625. The molecule has 1 rings (SSSR count). The van der Waals surface area contributed by atoms with Gasteiger partial charge in [0.25, 0.3) is 0 Å². The third-order valence-electron chi connectivity index (χ3n) is 2.45. The minimum Gasteiger partial charge on any atom is -0.348 e. The first kappa shape index (κ1) is 13.0. The second kappa shape index (κ2) is 5.30. The molecule has 1 aromatic carbocycles. The van der Waals surface area contributed by atoms with Crippen molar-refractivity contribution in [3.8, 4) is 0 Å². The largest absolute Gasteiger partial charge is 0.348 e. The summed E-state index contributed by atoms with van der Waals surface area (Å²) in [6, 6.07) is 5.94. The Kier molecular flexibility index (Phi) is 4.59. The molecule has 2 nitrogen and oxygen atoms in total. The van der Waals surface area contributed by atoms with Gasteiger partial charge in [-0.1, -0.05) is 22.0 Å². The van der Waals surface area contributed by atoms with Crippen molar-refractivity contribution in [1.29, 1.82) is 0 Å². The standard InChI is InChI=1S/C11H14BrClO2/c1-8-4-5-9(12)6-10(8)11(7-13,14-2)15-3/h4-6H,7H2,1-3H3. The highest BCUT2D eigenvalue weighted by atomic mass is 79.9. The van der Waals surface area contributed by atoms with Gasteiger partial charge in [-0.2, -0.15) is 0 Å². The van der Waals surface area contributed by atoms with Crippen LogP contribution in [0.25, 0.3) is 0 Å². The molecule has 0 N–H and O–H groups in total. The highest BCUT2D eigenvalue weighted by Gasteiger charge is 2.32. The van der Waals surface area contributed by atoms with Gasteiger partial charge in [0.05, 0.1) is 5.88 Å². The molecule has 0 fully saturated rings. The van der Waals surface area contributed by atoms with Crippen molar-refractivity contribution in [2.75, 3.05) is 20.1 Å². The number of methoxy groups -OCH3 is 2. The summed E-state index contributed by atoms with van der Waals surface area (Å²) in [4.78, 5) is 0. The van der Waals surface area contributed by atoms with Gasteiger partial charge in [0, 0.05) is 24.3 Å². The number of halogens is 2. The van der Waals surface area contributed by atoms with E-state index in [2.05, 4.69) is 15.9 Å². The Bertz CT molecular complexity index is 329. The van der Waals surface area contributed by atoms with Gasteiger partial charge in [-0.05, 0) is 24.6 Å². The van der Waals surface area contributed by atoms with E-state index in [4.69, 9.17) is 21.1 Å². The Morgan fingerprint density at radius 1 is 1.33 bits per heavy atom. The molecule has 1 aromatic rings. The maximum Gasteiger partial charge on any atom is 0.208 e. The molecule has 0 aromatic heterocycles. The molecule has 0 aliphatic carbocycles. The van der Waals surface area contributed by atoms with Crippen LogP contribution in [0, 0.1) is 6.92 Å². The third-order valence-corrected chi connectivity index (χ3v) is 3.29. The van der Waals surface area contributed by atoms with Gasteiger partial charge in [0.15, 0.2) is 0 Å². The minimum absolute atomic E-state index is 0.247. The summed E-state index contributed by atoms with van der Waals surface area (Å²) < 4.78 is 11.7. The predicted molar refractivity (Wildman–Crippen MR) is 65.3 cm³/mol. The number of alkyl halides is 1. The lowest BCUT2D eigenvalue weighted by molar-refractivity contribution is -0.199. The molecule has 0 spiro atoms. The lowest BCUT2D eigenvalue weighted by Gasteiger charge is -2.30. The van der Waals surface area contributed by atoms with E-state index >= 15 is 0 Å². The summed E-state index contributed by atoms with van der Waals surface area (Å²) in [5, 5.41) is 0. The predicted octanol–water partition coefficient (Wildman–Crippen LogP) is 3.44. The fraction of sp³-hybridized carbons (Fsp3) is 0.455. The van der Waals surface area contributed by atoms with Crippen LogP contribution in [0.2, 0.25) is 0 Å². The van der Waals surface area contributed by atoms with Crippen molar-refractivity contribution in [3.63, 3.8) is 0 Å². The Morgan fingerprint density at radius 3 is 2.40 bits per heavy atom. The van der Waals surface area contributed by atoms with Crippen LogP contribution in [0.1, 0.15) is 11.1 Å². The first-order valence-electron chi connectivity index (χ1n) is 4.52. The molecule has 0 radical (unpaired) electrons. The van der Waals surface area contributed by atoms with Gasteiger partial charge in [0.1, 0.15) is 0 Å². The first-order chi connectivity index (χ1) is 7.09. The number of rotatable bonds is 4. The third kappa shape index (κ3) is 2.53. The van der Waals surface area contributed by atoms with Crippen LogP contribution >= 0.6 is 27.5 Å². The zero-order chi connectivity index (χ0) is 11.5. The second-order valence-electron chi connectivity index (χ2n) is 3.25. The Labute approximate surface area is 104 Å². The number of aryl methyl sites for hydroxylation is 1. The molecule has 0 saturated heterocycles. The van der Waals surface area contributed by atoms with E-state index < -0.39 is 5.79 Å². The fourth-order valence-electron chi connectivity index (χ4n) is 1.49. The van der Waals surface area contributed by atoms with Gasteiger partial charge in [-0.3, -0.25) is 0 Å². The Morgan fingerprint density at radius 2 is 1.93 bits per heavy atom. The van der Waals surface area contributed by atoms with Crippen LogP contribution < -0.4 is 0 Å². The van der Waals surface area contributed by atoms with Gasteiger partial charge in [0.2, 0.25) is 5.79 Å². The monoisotopic (exact) mass is 292 g/mol. The van der Waals surface area contributed by atoms with Crippen LogP contribution in [0.15, 0.2) is 22.7 Å². The second-order valence-corrected chi connectivity index (χ2v) is 4.44. The number of benzene rings is 1. The maximum atomic E-state index is 5.92. The van der Waals surface area contributed by atoms with Crippen molar-refractivity contribution in [1.82, 2.24) is 0 Å². The van der Waals surface area contributed by atoms with Gasteiger partial charge < -0.3 is 9.47 Å². The molecule has 0 bridgehead atoms. The molecule has 0 amide bonds. The zero-order valence-corrected chi connectivity index (χ0v) is 11.4. The van der Waals surface area contributed by atoms with Crippen molar-refractivity contribution in [2.45, 2.75) is 12.7 Å². The molecule has 0 aliphatic heterocycles. The lowest BCUT2D eigenvalue weighted by Crippen LogP contribution is -2.33. The number of ether oxygens (including phenoxy) is 2. The summed E-state index contributed by atoms with van der Waals surface area (Å²) in [6.45, 7) is 2.00. The molecular weight excluding hydrogens is 279 g/mol. The van der Waals surface area contributed by atoms with Gasteiger partial charge in [-0.25, -0.2) is 0 Å². The molecule has 0 aliphatic rings. The molecular formula is C11H14BrClO2. The molecule has 4 heteroatoms. The summed E-state index contributed by atoms with van der Waals surface area (Å²) in [5.41, 5.74) is 2.03. The van der Waals surface area contributed by atoms with E-state index in [0.717, 1.165) is 15.6 Å². The van der Waals surface area contributed by atoms with Crippen LogP contribution in [0.3, 0.4) is 0 Å². The average molecular weight is 294 g/mol. The number of hydrogen-bond donors (Lipinski definition) is 0. The molecule has 84 valence electrons. The molecule has 0 unspecified atom stereocenters. The Balaban J connectivity index is 3.27. The van der Waals surface area contributed by atoms with E-state index in [1.807, 2.05) is 25.1 Å². The van der Waals surface area contributed by atoms with E-state index in [1.165, 1.54) is 0 Å². The molecule has 0 atom stereocenters. The summed E-state index contributed by atoms with van der Waals surface area (Å²) >= 11 is 9.34. The average Bonchev–Trinajstić information content (AvgIpc) is 2.26. The van der Waals surface area contributed by atoms with Crippen molar-refractivity contribution in [2.24, 2.45) is 0 Å². The summed E-state index contributed by atoms with van der Waals surface area (Å²) in [6.07, 6.45) is 0. The summed E-state index contributed by atoms with van der Waals surface area (Å²) in [5.74, 6) is -0.618. The first-order valence-corrected chi connectivity index (χ1v) is 5.85. The molecule has 15 heavy (non-hydrogen) atoms. The van der Waals surface area contributed by atoms with E-state index in [9.17, 15) is 0 Å². The van der Waals surface area contributed by atoms with Crippen LogP contribution in [0.5, 0.6) is 0 Å². The highest BCUT2D eigenvalue weighted by Crippen LogP contribution is 2.32. The van der Waals surface area contributed by atoms with Gasteiger partial charge >= 0.3 is 0 Å².